The maximum absolute atomic E-state index is 6.00. The number of ether oxygens (including phenoxy) is 2. The predicted octanol–water partition coefficient (Wildman–Crippen LogP) is 3.57. The SMILES string of the molecule is CCCNCC1CCC(COc2ccc(CCC)cc2)O1. The summed E-state index contributed by atoms with van der Waals surface area (Å²) in [5.74, 6) is 0.950. The third kappa shape index (κ3) is 5.68. The van der Waals surface area contributed by atoms with E-state index in [4.69, 9.17) is 9.47 Å². The Hall–Kier alpha value is -1.06. The van der Waals surface area contributed by atoms with E-state index in [-0.39, 0.29) is 6.10 Å². The Bertz CT molecular complexity index is 391. The van der Waals surface area contributed by atoms with Crippen molar-refractivity contribution in [3.63, 3.8) is 0 Å². The number of hydrogen-bond donors (Lipinski definition) is 1. The van der Waals surface area contributed by atoms with Crippen molar-refractivity contribution in [1.82, 2.24) is 5.32 Å². The fraction of sp³-hybridized carbons (Fsp3) is 0.667. The first-order chi connectivity index (χ1) is 10.3. The van der Waals surface area contributed by atoms with Crippen molar-refractivity contribution in [3.05, 3.63) is 29.8 Å². The highest BCUT2D eigenvalue weighted by Gasteiger charge is 2.25. The van der Waals surface area contributed by atoms with Crippen LogP contribution in [0.5, 0.6) is 5.75 Å². The van der Waals surface area contributed by atoms with E-state index in [1.54, 1.807) is 0 Å². The standard InChI is InChI=1S/C18H29NO2/c1-3-5-15-6-8-16(9-7-15)20-14-18-11-10-17(21-18)13-19-12-4-2/h6-9,17-19H,3-5,10-14H2,1-2H3. The van der Waals surface area contributed by atoms with Gasteiger partial charge in [0.2, 0.25) is 0 Å². The van der Waals surface area contributed by atoms with E-state index in [1.165, 1.54) is 18.4 Å². The van der Waals surface area contributed by atoms with Gasteiger partial charge in [-0.2, -0.15) is 0 Å². The lowest BCUT2D eigenvalue weighted by Gasteiger charge is -2.15. The lowest BCUT2D eigenvalue weighted by Crippen LogP contribution is -2.28. The van der Waals surface area contributed by atoms with Crippen LogP contribution in [-0.4, -0.2) is 31.9 Å². The molecule has 1 saturated heterocycles. The molecule has 0 spiro atoms. The van der Waals surface area contributed by atoms with Gasteiger partial charge in [-0.05, 0) is 49.9 Å². The number of hydrogen-bond acceptors (Lipinski definition) is 3. The van der Waals surface area contributed by atoms with E-state index in [9.17, 15) is 0 Å². The first-order valence-corrected chi connectivity index (χ1v) is 8.39. The van der Waals surface area contributed by atoms with Crippen LogP contribution in [0, 0.1) is 0 Å². The van der Waals surface area contributed by atoms with Gasteiger partial charge >= 0.3 is 0 Å². The molecule has 0 amide bonds. The summed E-state index contributed by atoms with van der Waals surface area (Å²) in [6.07, 6.45) is 6.34. The van der Waals surface area contributed by atoms with E-state index in [0.717, 1.165) is 38.1 Å². The van der Waals surface area contributed by atoms with Crippen LogP contribution in [0.2, 0.25) is 0 Å². The van der Waals surface area contributed by atoms with Gasteiger partial charge in [-0.1, -0.05) is 32.4 Å². The Balaban J connectivity index is 1.66. The summed E-state index contributed by atoms with van der Waals surface area (Å²) in [4.78, 5) is 0. The Kier molecular flexibility index (Phi) is 7.04. The normalized spacial score (nSPS) is 21.6. The highest BCUT2D eigenvalue weighted by atomic mass is 16.5. The second-order valence-corrected chi connectivity index (χ2v) is 5.87. The van der Waals surface area contributed by atoms with Gasteiger partial charge in [-0.25, -0.2) is 0 Å². The van der Waals surface area contributed by atoms with Gasteiger partial charge in [0, 0.05) is 6.54 Å². The van der Waals surface area contributed by atoms with Crippen LogP contribution < -0.4 is 10.1 Å². The highest BCUT2D eigenvalue weighted by molar-refractivity contribution is 5.27. The molecule has 0 aromatic heterocycles. The second kappa shape index (κ2) is 9.06. The van der Waals surface area contributed by atoms with E-state index in [0.29, 0.717) is 12.7 Å². The molecule has 1 N–H and O–H groups in total. The molecule has 1 aliphatic heterocycles. The summed E-state index contributed by atoms with van der Waals surface area (Å²) in [6, 6.07) is 8.46. The van der Waals surface area contributed by atoms with Crippen molar-refractivity contribution < 1.29 is 9.47 Å². The Morgan fingerprint density at radius 1 is 1.10 bits per heavy atom. The molecule has 118 valence electrons. The molecule has 2 atom stereocenters. The number of benzene rings is 1. The van der Waals surface area contributed by atoms with E-state index in [2.05, 4.69) is 43.4 Å². The third-order valence-electron chi connectivity index (χ3n) is 3.89. The zero-order valence-corrected chi connectivity index (χ0v) is 13.4. The zero-order chi connectivity index (χ0) is 14.9. The monoisotopic (exact) mass is 291 g/mol. The molecule has 0 radical (unpaired) electrons. The molecule has 0 saturated carbocycles. The summed E-state index contributed by atoms with van der Waals surface area (Å²) in [5.41, 5.74) is 1.38. The van der Waals surface area contributed by atoms with E-state index < -0.39 is 0 Å². The van der Waals surface area contributed by atoms with Gasteiger partial charge in [0.15, 0.2) is 0 Å². The highest BCUT2D eigenvalue weighted by Crippen LogP contribution is 2.21. The molecule has 3 nitrogen and oxygen atoms in total. The van der Waals surface area contributed by atoms with Gasteiger partial charge in [0.1, 0.15) is 12.4 Å². The van der Waals surface area contributed by atoms with Gasteiger partial charge in [0.05, 0.1) is 12.2 Å². The van der Waals surface area contributed by atoms with Crippen LogP contribution >= 0.6 is 0 Å². The summed E-state index contributed by atoms with van der Waals surface area (Å²) in [6.45, 7) is 7.09. The largest absolute Gasteiger partial charge is 0.491 e. The second-order valence-electron chi connectivity index (χ2n) is 5.87. The Labute approximate surface area is 129 Å². The molecule has 1 heterocycles. The summed E-state index contributed by atoms with van der Waals surface area (Å²) < 4.78 is 11.9. The molecular weight excluding hydrogens is 262 g/mol. The Morgan fingerprint density at radius 2 is 1.86 bits per heavy atom. The minimum atomic E-state index is 0.244. The van der Waals surface area contributed by atoms with E-state index in [1.807, 2.05) is 0 Å². The minimum Gasteiger partial charge on any atom is -0.491 e. The fourth-order valence-corrected chi connectivity index (χ4v) is 2.72. The van der Waals surface area contributed by atoms with Crippen molar-refractivity contribution in [3.8, 4) is 5.75 Å². The van der Waals surface area contributed by atoms with Gasteiger partial charge in [-0.15, -0.1) is 0 Å². The first kappa shape index (κ1) is 16.3. The minimum absolute atomic E-state index is 0.244. The lowest BCUT2D eigenvalue weighted by atomic mass is 10.1. The van der Waals surface area contributed by atoms with Crippen molar-refractivity contribution in [2.24, 2.45) is 0 Å². The average molecular weight is 291 g/mol. The quantitative estimate of drug-likeness (QED) is 0.706. The summed E-state index contributed by atoms with van der Waals surface area (Å²) in [7, 11) is 0. The number of nitrogens with one attached hydrogen (secondary N) is 1. The summed E-state index contributed by atoms with van der Waals surface area (Å²) >= 11 is 0. The molecule has 3 heteroatoms. The van der Waals surface area contributed by atoms with Crippen LogP contribution in [-0.2, 0) is 11.2 Å². The topological polar surface area (TPSA) is 30.5 Å². The van der Waals surface area contributed by atoms with Gasteiger partial charge in [0.25, 0.3) is 0 Å². The van der Waals surface area contributed by atoms with Crippen LogP contribution in [0.3, 0.4) is 0 Å². The maximum Gasteiger partial charge on any atom is 0.119 e. The predicted molar refractivity (Wildman–Crippen MR) is 87.0 cm³/mol. The number of aryl methyl sites for hydroxylation is 1. The number of rotatable bonds is 9. The Morgan fingerprint density at radius 3 is 2.57 bits per heavy atom. The maximum atomic E-state index is 6.00. The van der Waals surface area contributed by atoms with Crippen LogP contribution in [0.4, 0.5) is 0 Å². The third-order valence-corrected chi connectivity index (χ3v) is 3.89. The summed E-state index contributed by atoms with van der Waals surface area (Å²) in [5, 5.41) is 3.42. The first-order valence-electron chi connectivity index (χ1n) is 8.39. The van der Waals surface area contributed by atoms with E-state index >= 15 is 0 Å². The van der Waals surface area contributed by atoms with Crippen LogP contribution in [0.1, 0.15) is 45.1 Å². The van der Waals surface area contributed by atoms with Crippen molar-refractivity contribution in [2.75, 3.05) is 19.7 Å². The molecule has 21 heavy (non-hydrogen) atoms. The van der Waals surface area contributed by atoms with Gasteiger partial charge < -0.3 is 14.8 Å². The molecule has 2 rings (SSSR count). The molecule has 1 aromatic carbocycles. The molecular formula is C18H29NO2. The van der Waals surface area contributed by atoms with Crippen molar-refractivity contribution in [2.45, 2.75) is 58.2 Å². The lowest BCUT2D eigenvalue weighted by molar-refractivity contribution is 0.0186. The molecule has 1 fully saturated rings. The molecule has 1 aromatic rings. The smallest absolute Gasteiger partial charge is 0.119 e. The fourth-order valence-electron chi connectivity index (χ4n) is 2.72. The van der Waals surface area contributed by atoms with Crippen LogP contribution in [0.15, 0.2) is 24.3 Å². The average Bonchev–Trinajstić information content (AvgIpc) is 2.95. The molecule has 2 unspecified atom stereocenters. The zero-order valence-electron chi connectivity index (χ0n) is 13.4. The molecule has 1 aliphatic rings. The van der Waals surface area contributed by atoms with Crippen LogP contribution in [0.25, 0.3) is 0 Å². The molecule has 0 bridgehead atoms. The van der Waals surface area contributed by atoms with Gasteiger partial charge in [-0.3, -0.25) is 0 Å². The van der Waals surface area contributed by atoms with Crippen molar-refractivity contribution in [1.29, 1.82) is 0 Å². The van der Waals surface area contributed by atoms with Crippen molar-refractivity contribution >= 4 is 0 Å². The molecule has 0 aliphatic carbocycles.